The molecule has 0 unspecified atom stereocenters. The summed E-state index contributed by atoms with van der Waals surface area (Å²) in [5.41, 5.74) is 22.0. The van der Waals surface area contributed by atoms with E-state index >= 15 is 0 Å². The van der Waals surface area contributed by atoms with Gasteiger partial charge in [0.1, 0.15) is 0 Å². The smallest absolute Gasteiger partial charge is 0.164 e. The van der Waals surface area contributed by atoms with Gasteiger partial charge in [0.25, 0.3) is 0 Å². The highest BCUT2D eigenvalue weighted by molar-refractivity contribution is 6.03. The van der Waals surface area contributed by atoms with Crippen LogP contribution in [0.15, 0.2) is 327 Å². The topological polar surface area (TPSA) is 89.7 Å². The minimum atomic E-state index is -0.829. The number of aromatic nitrogens is 6. The summed E-state index contributed by atoms with van der Waals surface area (Å²) in [4.78, 5) is 35.9. The van der Waals surface area contributed by atoms with Gasteiger partial charge in [0.05, 0.1) is 11.1 Å². The molecular weight excluding hydrogens is 1120 g/mol. The first-order chi connectivity index (χ1) is 45.2. The molecule has 0 fully saturated rings. The fraction of sp³-hybridized carbons (Fsp3) is 0.0471. The lowest BCUT2D eigenvalue weighted by Crippen LogP contribution is -2.29. The summed E-state index contributed by atoms with van der Waals surface area (Å²) in [6.07, 6.45) is 7.92. The molecule has 0 saturated heterocycles. The Balaban J connectivity index is 0.986. The van der Waals surface area contributed by atoms with Gasteiger partial charge >= 0.3 is 0 Å². The monoisotopic (exact) mass is 1180 g/mol. The molecule has 0 saturated carbocycles. The molecule has 7 heteroatoms. The normalized spacial score (nSPS) is 12.4. The number of nitrogens with zero attached hydrogens (tertiary/aromatic N) is 7. The molecule has 14 rings (SSSR count). The second-order valence-corrected chi connectivity index (χ2v) is 23.1. The average Bonchev–Trinajstić information content (AvgIpc) is 1.51. The molecule has 2 aromatic heterocycles. The van der Waals surface area contributed by atoms with Gasteiger partial charge in [-0.05, 0) is 136 Å². The molecule has 2 heterocycles. The highest BCUT2D eigenvalue weighted by Crippen LogP contribution is 2.57. The zero-order valence-electron chi connectivity index (χ0n) is 51.4. The lowest BCUT2D eigenvalue weighted by atomic mass is 9.66. The van der Waals surface area contributed by atoms with Crippen molar-refractivity contribution in [2.45, 2.75) is 26.2 Å². The quantitative estimate of drug-likeness (QED) is 0.0707. The van der Waals surface area contributed by atoms with Crippen LogP contribution in [-0.2, 0) is 5.41 Å². The van der Waals surface area contributed by atoms with Crippen molar-refractivity contribution >= 4 is 11.4 Å². The molecule has 1 aliphatic rings. The van der Waals surface area contributed by atoms with Gasteiger partial charge in [-0.15, -0.1) is 0 Å². The fourth-order valence-corrected chi connectivity index (χ4v) is 12.5. The van der Waals surface area contributed by atoms with Crippen LogP contribution < -0.4 is 0 Å². The van der Waals surface area contributed by atoms with Crippen LogP contribution in [0.25, 0.3) is 119 Å². The van der Waals surface area contributed by atoms with Crippen LogP contribution in [0.1, 0.15) is 47.2 Å². The third-order valence-corrected chi connectivity index (χ3v) is 17.0. The van der Waals surface area contributed by atoms with Crippen LogP contribution in [0.2, 0.25) is 0 Å². The minimum Gasteiger partial charge on any atom is -0.253 e. The van der Waals surface area contributed by atoms with Gasteiger partial charge in [-0.1, -0.05) is 280 Å². The van der Waals surface area contributed by atoms with Crippen molar-refractivity contribution in [3.8, 4) is 113 Å². The van der Waals surface area contributed by atoms with E-state index < -0.39 is 5.41 Å². The molecular formula is C85H63N7. The standard InChI is InChI=1S/C85H63N7/c1-6-7-12-28-57(3)58(4)86-59(5)64-37-25-38-65(49-64)70-47-56(2)48-73(53-70)85(77-45-23-21-43-75(77)76-44-22-24-46-78(76)85)74-54-71(66-39-26-41-68(50-66)83-89-79(60-29-13-8-14-30-60)87-80(90-83)61-31-15-9-16-32-61)52-72(55-74)67-40-27-42-69(51-67)84-91-81(62-33-17-10-18-34-62)88-82(92-84)63-35-19-11-20-36-63/h6-55H,3,5H2,1-2,4H3/b7-6?,28-12-,86-58?. The summed E-state index contributed by atoms with van der Waals surface area (Å²) in [6, 6.07) is 98.3. The van der Waals surface area contributed by atoms with Gasteiger partial charge < -0.3 is 0 Å². The van der Waals surface area contributed by atoms with Crippen LogP contribution in [-0.4, -0.2) is 35.6 Å². The Labute approximate surface area is 537 Å². The Morgan fingerprint density at radius 2 is 0.696 bits per heavy atom. The van der Waals surface area contributed by atoms with Crippen LogP contribution in [0.4, 0.5) is 0 Å². The van der Waals surface area contributed by atoms with Crippen molar-refractivity contribution in [3.63, 3.8) is 0 Å². The molecule has 92 heavy (non-hydrogen) atoms. The van der Waals surface area contributed by atoms with Crippen molar-refractivity contribution in [2.24, 2.45) is 4.99 Å². The van der Waals surface area contributed by atoms with E-state index in [1.54, 1.807) is 0 Å². The maximum Gasteiger partial charge on any atom is 0.164 e. The van der Waals surface area contributed by atoms with Crippen molar-refractivity contribution in [3.05, 3.63) is 355 Å². The number of allylic oxidation sites excluding steroid dienone is 5. The maximum absolute atomic E-state index is 5.20. The molecule has 7 nitrogen and oxygen atoms in total. The molecule has 0 radical (unpaired) electrons. The number of benzene rings is 11. The van der Waals surface area contributed by atoms with Crippen LogP contribution in [0.3, 0.4) is 0 Å². The van der Waals surface area contributed by atoms with E-state index in [-0.39, 0.29) is 0 Å². The predicted octanol–water partition coefficient (Wildman–Crippen LogP) is 20.9. The molecule has 0 bridgehead atoms. The summed E-state index contributed by atoms with van der Waals surface area (Å²) in [6.45, 7) is 14.9. The maximum atomic E-state index is 5.20. The molecule has 0 amide bonds. The summed E-state index contributed by atoms with van der Waals surface area (Å²) in [5.74, 6) is 3.55. The Kier molecular flexibility index (Phi) is 15.9. The Bertz CT molecular complexity index is 4700. The van der Waals surface area contributed by atoms with E-state index in [0.717, 1.165) is 100 Å². The number of aryl methyl sites for hydroxylation is 1. The summed E-state index contributed by atoms with van der Waals surface area (Å²) >= 11 is 0. The minimum absolute atomic E-state index is 0.574. The van der Waals surface area contributed by atoms with Crippen molar-refractivity contribution in [1.82, 2.24) is 29.9 Å². The first-order valence-electron chi connectivity index (χ1n) is 30.9. The Morgan fingerprint density at radius 3 is 1.14 bits per heavy atom. The van der Waals surface area contributed by atoms with Crippen molar-refractivity contribution in [1.29, 1.82) is 0 Å². The number of rotatable bonds is 16. The third kappa shape index (κ3) is 11.5. The molecule has 0 spiro atoms. The predicted molar refractivity (Wildman–Crippen MR) is 379 cm³/mol. The van der Waals surface area contributed by atoms with E-state index in [4.69, 9.17) is 34.9 Å². The molecule has 0 aliphatic heterocycles. The van der Waals surface area contributed by atoms with E-state index in [0.29, 0.717) is 40.6 Å². The molecule has 0 atom stereocenters. The fourth-order valence-electron chi connectivity index (χ4n) is 12.5. The molecule has 438 valence electrons. The Morgan fingerprint density at radius 1 is 0.348 bits per heavy atom. The second kappa shape index (κ2) is 25.3. The zero-order valence-corrected chi connectivity index (χ0v) is 51.4. The van der Waals surface area contributed by atoms with Crippen molar-refractivity contribution in [2.75, 3.05) is 0 Å². The van der Waals surface area contributed by atoms with Gasteiger partial charge in [-0.25, -0.2) is 29.9 Å². The SMILES string of the molecule is C=C(/C=C\C=CC)C(C)=NC(=C)c1cccc(-c2cc(C)cc(C3(c4cc(-c5cccc(-c6nc(-c7ccccc7)nc(-c7ccccc7)n6)c5)cc(-c5cccc(-c6nc(-c7ccccc7)nc(-c7ccccc7)n6)c5)c4)c4ccccc4-c4ccccc43)c2)c1. The first-order valence-corrected chi connectivity index (χ1v) is 30.9. The van der Waals surface area contributed by atoms with E-state index in [9.17, 15) is 0 Å². The molecule has 0 N–H and O–H groups in total. The van der Waals surface area contributed by atoms with Gasteiger partial charge in [0, 0.05) is 44.7 Å². The van der Waals surface area contributed by atoms with Crippen molar-refractivity contribution < 1.29 is 0 Å². The largest absolute Gasteiger partial charge is 0.253 e. The summed E-state index contributed by atoms with van der Waals surface area (Å²) in [7, 11) is 0. The van der Waals surface area contributed by atoms with E-state index in [1.807, 2.05) is 159 Å². The lowest BCUT2D eigenvalue weighted by Gasteiger charge is -2.35. The average molecular weight is 1180 g/mol. The van der Waals surface area contributed by atoms with E-state index in [1.165, 1.54) is 22.3 Å². The summed E-state index contributed by atoms with van der Waals surface area (Å²) < 4.78 is 0. The highest BCUT2D eigenvalue weighted by atomic mass is 15.0. The number of aliphatic imine (C=N–C) groups is 1. The molecule has 11 aromatic carbocycles. The summed E-state index contributed by atoms with van der Waals surface area (Å²) in [5, 5.41) is 0. The Hall–Kier alpha value is -11.9. The first kappa shape index (κ1) is 57.8. The van der Waals surface area contributed by atoms with Gasteiger partial charge in [-0.2, -0.15) is 0 Å². The van der Waals surface area contributed by atoms with Crippen LogP contribution in [0, 0.1) is 6.92 Å². The second-order valence-electron chi connectivity index (χ2n) is 23.1. The van der Waals surface area contributed by atoms with Gasteiger partial charge in [0.15, 0.2) is 34.9 Å². The third-order valence-electron chi connectivity index (χ3n) is 17.0. The van der Waals surface area contributed by atoms with Crippen LogP contribution in [0.5, 0.6) is 0 Å². The highest BCUT2D eigenvalue weighted by Gasteiger charge is 2.46. The molecule has 13 aromatic rings. The number of hydrogen-bond acceptors (Lipinski definition) is 7. The lowest BCUT2D eigenvalue weighted by molar-refractivity contribution is 0.768. The number of fused-ring (bicyclic) bond motifs is 3. The number of hydrogen-bond donors (Lipinski definition) is 0. The zero-order chi connectivity index (χ0) is 62.5. The van der Waals surface area contributed by atoms with Crippen LogP contribution >= 0.6 is 0 Å². The van der Waals surface area contributed by atoms with Gasteiger partial charge in [-0.3, -0.25) is 4.99 Å². The van der Waals surface area contributed by atoms with E-state index in [2.05, 4.69) is 178 Å². The molecule has 1 aliphatic carbocycles. The van der Waals surface area contributed by atoms with Gasteiger partial charge in [0.2, 0.25) is 0 Å².